The van der Waals surface area contributed by atoms with Crippen LogP contribution in [0.1, 0.15) is 22.3 Å². The third-order valence-corrected chi connectivity index (χ3v) is 14.5. The van der Waals surface area contributed by atoms with E-state index in [0.717, 1.165) is 0 Å². The monoisotopic (exact) mass is 808 g/mol. The Bertz CT molecular complexity index is 3730. The minimum atomic E-state index is 0.159. The molecule has 0 heterocycles. The molecule has 0 heteroatoms. The second kappa shape index (κ2) is 13.7. The SMILES string of the molecule is C1=C2c3c(c(-c4cccc(-c5ccccc5)c4)c4ccccc4c3-c3ccccc3)C3=CC=C4c5c(c(-c6ccccc6)c6cc7ccccc7cc6c5-c5ccccc5)C(=C1)C4C23. The van der Waals surface area contributed by atoms with Gasteiger partial charge in [0.15, 0.2) is 0 Å². The molecule has 296 valence electrons. The molecule has 4 aliphatic rings. The van der Waals surface area contributed by atoms with Gasteiger partial charge in [0.1, 0.15) is 0 Å². The van der Waals surface area contributed by atoms with Gasteiger partial charge in [0.05, 0.1) is 0 Å². The van der Waals surface area contributed by atoms with Crippen LogP contribution in [0.25, 0.3) is 110 Å². The Balaban J connectivity index is 1.11. The number of hydrogen-bond acceptors (Lipinski definition) is 0. The van der Waals surface area contributed by atoms with Crippen LogP contribution < -0.4 is 0 Å². The van der Waals surface area contributed by atoms with Crippen molar-refractivity contribution in [2.75, 3.05) is 0 Å². The van der Waals surface area contributed by atoms with Gasteiger partial charge in [-0.25, -0.2) is 0 Å². The van der Waals surface area contributed by atoms with E-state index < -0.39 is 0 Å². The highest BCUT2D eigenvalue weighted by Crippen LogP contribution is 2.68. The zero-order valence-corrected chi connectivity index (χ0v) is 35.1. The van der Waals surface area contributed by atoms with Crippen molar-refractivity contribution in [2.45, 2.75) is 0 Å². The normalized spacial score (nSPS) is 16.5. The van der Waals surface area contributed by atoms with E-state index in [2.05, 4.69) is 231 Å². The lowest BCUT2D eigenvalue weighted by atomic mass is 9.71. The lowest BCUT2D eigenvalue weighted by Gasteiger charge is -2.31. The molecule has 0 bridgehead atoms. The van der Waals surface area contributed by atoms with Gasteiger partial charge < -0.3 is 0 Å². The summed E-state index contributed by atoms with van der Waals surface area (Å²) in [6.45, 7) is 0. The average Bonchev–Trinajstić information content (AvgIpc) is 3.87. The fourth-order valence-corrected chi connectivity index (χ4v) is 12.0. The van der Waals surface area contributed by atoms with Crippen LogP contribution in [0, 0.1) is 11.8 Å². The Hall–Kier alpha value is -8.06. The number of benzene rings is 10. The van der Waals surface area contributed by atoms with Crippen molar-refractivity contribution in [3.63, 3.8) is 0 Å². The molecular weight excluding hydrogens is 769 g/mol. The van der Waals surface area contributed by atoms with Gasteiger partial charge in [0.25, 0.3) is 0 Å². The molecule has 0 aliphatic heterocycles. The molecule has 2 unspecified atom stereocenters. The summed E-state index contributed by atoms with van der Waals surface area (Å²) in [6.07, 6.45) is 10.1. The highest BCUT2D eigenvalue weighted by atomic mass is 14.5. The maximum absolute atomic E-state index is 2.52. The predicted octanol–water partition coefficient (Wildman–Crippen LogP) is 17.0. The summed E-state index contributed by atoms with van der Waals surface area (Å²) in [5, 5.41) is 7.72. The first-order valence-corrected chi connectivity index (χ1v) is 22.6. The molecule has 14 rings (SSSR count). The zero-order valence-electron chi connectivity index (χ0n) is 35.1. The van der Waals surface area contributed by atoms with Gasteiger partial charge >= 0.3 is 0 Å². The third kappa shape index (κ3) is 5.00. The molecule has 0 N–H and O–H groups in total. The first-order chi connectivity index (χ1) is 31.8. The van der Waals surface area contributed by atoms with E-state index in [1.165, 1.54) is 132 Å². The molecule has 0 amide bonds. The standard InChI is InChI=1S/C64H40/c1-5-18-39(19-6-1)43-28-17-29-46(36-43)58-48-31-16-15-30-47(48)55(40-20-7-2-8-21-40)61-49-32-33-50-60-51(34-35-52(59(49)60)64(58)61)63-57(42-24-11-4-12-25-42)54-38-45-27-14-13-26-44(45)37-53(54)56(62(50)63)41-22-9-3-10-23-41/h1-38,59-60H. The van der Waals surface area contributed by atoms with Crippen LogP contribution in [-0.4, -0.2) is 0 Å². The Kier molecular flexibility index (Phi) is 7.62. The summed E-state index contributed by atoms with van der Waals surface area (Å²) in [4.78, 5) is 0. The molecule has 10 aromatic rings. The van der Waals surface area contributed by atoms with E-state index in [-0.39, 0.29) is 11.8 Å². The van der Waals surface area contributed by atoms with E-state index in [1.54, 1.807) is 0 Å². The molecule has 2 atom stereocenters. The minimum Gasteiger partial charge on any atom is -0.0622 e. The van der Waals surface area contributed by atoms with Crippen LogP contribution in [0.5, 0.6) is 0 Å². The number of allylic oxidation sites excluding steroid dienone is 8. The fraction of sp³-hybridized carbons (Fsp3) is 0.0312. The van der Waals surface area contributed by atoms with Crippen molar-refractivity contribution in [1.29, 1.82) is 0 Å². The van der Waals surface area contributed by atoms with E-state index in [9.17, 15) is 0 Å². The van der Waals surface area contributed by atoms with Gasteiger partial charge in [0, 0.05) is 11.8 Å². The largest absolute Gasteiger partial charge is 0.0622 e. The van der Waals surface area contributed by atoms with Crippen LogP contribution in [0.2, 0.25) is 0 Å². The summed E-state index contributed by atoms with van der Waals surface area (Å²) < 4.78 is 0. The number of fused-ring (bicyclic) bond motifs is 9. The van der Waals surface area contributed by atoms with Gasteiger partial charge in [-0.05, 0) is 151 Å². The molecule has 0 spiro atoms. The molecule has 0 fully saturated rings. The van der Waals surface area contributed by atoms with Crippen molar-refractivity contribution in [3.8, 4) is 55.6 Å². The molecule has 4 aliphatic carbocycles. The van der Waals surface area contributed by atoms with Crippen molar-refractivity contribution in [1.82, 2.24) is 0 Å². The van der Waals surface area contributed by atoms with Crippen molar-refractivity contribution in [2.24, 2.45) is 11.8 Å². The average molecular weight is 809 g/mol. The molecular formula is C64H40. The molecule has 0 saturated heterocycles. The predicted molar refractivity (Wildman–Crippen MR) is 271 cm³/mol. The van der Waals surface area contributed by atoms with Crippen LogP contribution in [0.3, 0.4) is 0 Å². The number of hydrogen-bond donors (Lipinski definition) is 0. The maximum atomic E-state index is 2.52. The van der Waals surface area contributed by atoms with Crippen LogP contribution in [0.15, 0.2) is 231 Å². The Morgan fingerprint density at radius 2 is 0.516 bits per heavy atom. The van der Waals surface area contributed by atoms with Crippen LogP contribution >= 0.6 is 0 Å². The summed E-state index contributed by atoms with van der Waals surface area (Å²) in [7, 11) is 0. The second-order valence-electron chi connectivity index (χ2n) is 17.8. The molecule has 10 aromatic carbocycles. The van der Waals surface area contributed by atoms with Crippen molar-refractivity contribution < 1.29 is 0 Å². The second-order valence-corrected chi connectivity index (χ2v) is 17.8. The Morgan fingerprint density at radius 3 is 0.938 bits per heavy atom. The molecule has 0 nitrogen and oxygen atoms in total. The Labute approximate surface area is 373 Å². The molecule has 0 saturated carbocycles. The summed E-state index contributed by atoms with van der Waals surface area (Å²) in [5.41, 5.74) is 24.0. The highest BCUT2D eigenvalue weighted by Gasteiger charge is 2.51. The highest BCUT2D eigenvalue weighted by molar-refractivity contribution is 6.25. The maximum Gasteiger partial charge on any atom is 0.0212 e. The van der Waals surface area contributed by atoms with E-state index in [0.29, 0.717) is 0 Å². The van der Waals surface area contributed by atoms with Gasteiger partial charge in [-0.3, -0.25) is 0 Å². The fourth-order valence-electron chi connectivity index (χ4n) is 12.0. The Morgan fingerprint density at radius 1 is 0.203 bits per heavy atom. The van der Waals surface area contributed by atoms with E-state index in [1.807, 2.05) is 0 Å². The van der Waals surface area contributed by atoms with Gasteiger partial charge in [-0.15, -0.1) is 0 Å². The summed E-state index contributed by atoms with van der Waals surface area (Å²) in [6, 6.07) is 76.5. The lowest BCUT2D eigenvalue weighted by molar-refractivity contribution is 0.759. The van der Waals surface area contributed by atoms with Crippen LogP contribution in [0.4, 0.5) is 0 Å². The third-order valence-electron chi connectivity index (χ3n) is 14.5. The van der Waals surface area contributed by atoms with Crippen molar-refractivity contribution in [3.05, 3.63) is 253 Å². The van der Waals surface area contributed by atoms with E-state index in [4.69, 9.17) is 0 Å². The minimum absolute atomic E-state index is 0.159. The first-order valence-electron chi connectivity index (χ1n) is 22.6. The molecule has 0 aromatic heterocycles. The summed E-state index contributed by atoms with van der Waals surface area (Å²) >= 11 is 0. The van der Waals surface area contributed by atoms with Gasteiger partial charge in [-0.2, -0.15) is 0 Å². The topological polar surface area (TPSA) is 0 Å². The van der Waals surface area contributed by atoms with Gasteiger partial charge in [-0.1, -0.05) is 212 Å². The lowest BCUT2D eigenvalue weighted by Crippen LogP contribution is -2.18. The molecule has 64 heavy (non-hydrogen) atoms. The number of rotatable bonds is 5. The smallest absolute Gasteiger partial charge is 0.0212 e. The molecule has 0 radical (unpaired) electrons. The summed E-state index contributed by atoms with van der Waals surface area (Å²) in [5.74, 6) is 0.320. The van der Waals surface area contributed by atoms with E-state index >= 15 is 0 Å². The van der Waals surface area contributed by atoms with Crippen LogP contribution in [-0.2, 0) is 0 Å². The first kappa shape index (κ1) is 35.5. The van der Waals surface area contributed by atoms with Crippen molar-refractivity contribution >= 4 is 54.6 Å². The quantitative estimate of drug-likeness (QED) is 0.152. The van der Waals surface area contributed by atoms with Gasteiger partial charge in [0.2, 0.25) is 0 Å². The zero-order chi connectivity index (χ0) is 41.9.